The van der Waals surface area contributed by atoms with E-state index in [-0.39, 0.29) is 28.3 Å². The Morgan fingerprint density at radius 1 is 1.19 bits per heavy atom. The Kier molecular flexibility index (Phi) is 6.29. The van der Waals surface area contributed by atoms with Crippen LogP contribution in [0.5, 0.6) is 0 Å². The zero-order valence-electron chi connectivity index (χ0n) is 9.91. The molecule has 0 unspecified atom stereocenters. The monoisotopic (exact) mass is 286 g/mol. The van der Waals surface area contributed by atoms with E-state index >= 15 is 0 Å². The molecule has 4 heteroatoms. The third-order valence-corrected chi connectivity index (χ3v) is 2.02. The number of hydrogen-bond donors (Lipinski definition) is 2. The van der Waals surface area contributed by atoms with Crippen LogP contribution in [0.4, 0.5) is 0 Å². The summed E-state index contributed by atoms with van der Waals surface area (Å²) in [6, 6.07) is 9.94. The highest BCUT2D eigenvalue weighted by atomic mass is 79.9. The molecule has 2 N–H and O–H groups in total. The highest BCUT2D eigenvalue weighted by molar-refractivity contribution is 8.93. The molecule has 0 aliphatic heterocycles. The van der Waals surface area contributed by atoms with Crippen molar-refractivity contribution < 1.29 is 4.79 Å². The average Bonchev–Trinajstić information content (AvgIpc) is 2.18. The van der Waals surface area contributed by atoms with Crippen LogP contribution in [0.25, 0.3) is 0 Å². The second-order valence-corrected chi connectivity index (χ2v) is 4.54. The highest BCUT2D eigenvalue weighted by Gasteiger charge is 2.20. The first kappa shape index (κ1) is 15.1. The number of carbonyl (C=O) groups excluding carboxylic acids is 1. The van der Waals surface area contributed by atoms with Gasteiger partial charge < -0.3 is 0 Å². The summed E-state index contributed by atoms with van der Waals surface area (Å²) in [5, 5.41) is 0. The molecule has 16 heavy (non-hydrogen) atoms. The third-order valence-electron chi connectivity index (χ3n) is 2.02. The van der Waals surface area contributed by atoms with Crippen molar-refractivity contribution >= 4 is 22.9 Å². The number of nitrogens with one attached hydrogen (secondary N) is 2. The van der Waals surface area contributed by atoms with Crippen molar-refractivity contribution in [3.05, 3.63) is 35.9 Å². The highest BCUT2D eigenvalue weighted by Crippen LogP contribution is 2.11. The van der Waals surface area contributed by atoms with E-state index in [0.29, 0.717) is 6.54 Å². The summed E-state index contributed by atoms with van der Waals surface area (Å²) < 4.78 is 0. The maximum absolute atomic E-state index is 11.5. The van der Waals surface area contributed by atoms with Gasteiger partial charge >= 0.3 is 0 Å². The van der Waals surface area contributed by atoms with Crippen molar-refractivity contribution in [2.75, 3.05) is 0 Å². The van der Waals surface area contributed by atoms with Crippen molar-refractivity contribution in [3.63, 3.8) is 0 Å². The molecule has 3 nitrogen and oxygen atoms in total. The predicted molar refractivity (Wildman–Crippen MR) is 71.2 cm³/mol. The minimum atomic E-state index is -0.357. The van der Waals surface area contributed by atoms with Gasteiger partial charge in [-0.05, 0) is 5.56 Å². The van der Waals surface area contributed by atoms with Crippen molar-refractivity contribution in [2.24, 2.45) is 5.41 Å². The summed E-state index contributed by atoms with van der Waals surface area (Å²) in [6.45, 7) is 6.29. The van der Waals surface area contributed by atoms with Crippen LogP contribution >= 0.6 is 17.0 Å². The van der Waals surface area contributed by atoms with Crippen LogP contribution in [0.3, 0.4) is 0 Å². The van der Waals surface area contributed by atoms with Crippen molar-refractivity contribution in [3.8, 4) is 0 Å². The molecular formula is C12H19BrN2O. The SMILES string of the molecule is Br.CC(C)(C)C(=O)NNCc1ccccc1. The topological polar surface area (TPSA) is 41.1 Å². The average molecular weight is 287 g/mol. The fraction of sp³-hybridized carbons (Fsp3) is 0.417. The van der Waals surface area contributed by atoms with Crippen LogP contribution in [0, 0.1) is 5.41 Å². The van der Waals surface area contributed by atoms with Gasteiger partial charge in [0.25, 0.3) is 0 Å². The summed E-state index contributed by atoms with van der Waals surface area (Å²) in [6.07, 6.45) is 0. The molecule has 0 radical (unpaired) electrons. The minimum absolute atomic E-state index is 0. The summed E-state index contributed by atoms with van der Waals surface area (Å²) in [5.74, 6) is -0.00145. The zero-order chi connectivity index (χ0) is 11.3. The zero-order valence-corrected chi connectivity index (χ0v) is 11.6. The lowest BCUT2D eigenvalue weighted by molar-refractivity contribution is -0.129. The first-order chi connectivity index (χ1) is 7.00. The molecule has 0 heterocycles. The van der Waals surface area contributed by atoms with Crippen LogP contribution in [0.1, 0.15) is 26.3 Å². The number of halogens is 1. The number of carbonyl (C=O) groups is 1. The van der Waals surface area contributed by atoms with E-state index < -0.39 is 0 Å². The molecule has 0 bridgehead atoms. The molecule has 0 aliphatic rings. The number of amides is 1. The first-order valence-corrected chi connectivity index (χ1v) is 5.07. The Balaban J connectivity index is 0.00000225. The summed E-state index contributed by atoms with van der Waals surface area (Å²) >= 11 is 0. The van der Waals surface area contributed by atoms with E-state index in [0.717, 1.165) is 5.56 Å². The van der Waals surface area contributed by atoms with Crippen molar-refractivity contribution in [1.82, 2.24) is 10.9 Å². The maximum Gasteiger partial charge on any atom is 0.239 e. The lowest BCUT2D eigenvalue weighted by Crippen LogP contribution is -2.43. The third kappa shape index (κ3) is 5.28. The number of hydrogen-bond acceptors (Lipinski definition) is 2. The van der Waals surface area contributed by atoms with E-state index in [4.69, 9.17) is 0 Å². The van der Waals surface area contributed by atoms with E-state index in [1.807, 2.05) is 51.1 Å². The molecule has 1 aromatic rings. The molecule has 0 aliphatic carbocycles. The van der Waals surface area contributed by atoms with Gasteiger partial charge in [0.2, 0.25) is 5.91 Å². The lowest BCUT2D eigenvalue weighted by atomic mass is 9.96. The van der Waals surface area contributed by atoms with Crippen LogP contribution in [-0.4, -0.2) is 5.91 Å². The largest absolute Gasteiger partial charge is 0.291 e. The summed E-state index contributed by atoms with van der Waals surface area (Å²) in [4.78, 5) is 11.5. The molecule has 0 atom stereocenters. The Hall–Kier alpha value is -0.870. The van der Waals surface area contributed by atoms with E-state index in [1.165, 1.54) is 0 Å². The first-order valence-electron chi connectivity index (χ1n) is 5.07. The Bertz CT molecular complexity index is 320. The van der Waals surface area contributed by atoms with Crippen LogP contribution < -0.4 is 10.9 Å². The Morgan fingerprint density at radius 3 is 2.25 bits per heavy atom. The molecule has 0 aromatic heterocycles. The smallest absolute Gasteiger partial charge is 0.239 e. The normalized spacial score (nSPS) is 10.4. The van der Waals surface area contributed by atoms with Crippen molar-refractivity contribution in [1.29, 1.82) is 0 Å². The van der Waals surface area contributed by atoms with Gasteiger partial charge in [-0.15, -0.1) is 17.0 Å². The fourth-order valence-corrected chi connectivity index (χ4v) is 1.01. The molecule has 0 saturated heterocycles. The van der Waals surface area contributed by atoms with Gasteiger partial charge in [-0.3, -0.25) is 10.2 Å². The van der Waals surface area contributed by atoms with Gasteiger partial charge in [0, 0.05) is 12.0 Å². The van der Waals surface area contributed by atoms with Gasteiger partial charge in [-0.25, -0.2) is 5.43 Å². The van der Waals surface area contributed by atoms with Crippen LogP contribution in [-0.2, 0) is 11.3 Å². The minimum Gasteiger partial charge on any atom is -0.291 e. The molecule has 0 fully saturated rings. The van der Waals surface area contributed by atoms with Gasteiger partial charge in [-0.2, -0.15) is 0 Å². The number of benzene rings is 1. The number of hydrazine groups is 1. The second kappa shape index (κ2) is 6.66. The van der Waals surface area contributed by atoms with Crippen LogP contribution in [0.15, 0.2) is 30.3 Å². The molecule has 90 valence electrons. The molecule has 0 spiro atoms. The van der Waals surface area contributed by atoms with E-state index in [1.54, 1.807) is 0 Å². The van der Waals surface area contributed by atoms with E-state index in [2.05, 4.69) is 10.9 Å². The fourth-order valence-electron chi connectivity index (χ4n) is 1.01. The van der Waals surface area contributed by atoms with Gasteiger partial charge in [-0.1, -0.05) is 51.1 Å². The van der Waals surface area contributed by atoms with Gasteiger partial charge in [0.15, 0.2) is 0 Å². The molecule has 1 rings (SSSR count). The van der Waals surface area contributed by atoms with Gasteiger partial charge in [0.05, 0.1) is 0 Å². The van der Waals surface area contributed by atoms with Gasteiger partial charge in [0.1, 0.15) is 0 Å². The molecule has 0 saturated carbocycles. The maximum atomic E-state index is 11.5. The quantitative estimate of drug-likeness (QED) is 0.838. The Morgan fingerprint density at radius 2 is 1.75 bits per heavy atom. The van der Waals surface area contributed by atoms with Crippen molar-refractivity contribution in [2.45, 2.75) is 27.3 Å². The molecule has 1 aromatic carbocycles. The molecular weight excluding hydrogens is 268 g/mol. The van der Waals surface area contributed by atoms with E-state index in [9.17, 15) is 4.79 Å². The number of rotatable bonds is 3. The standard InChI is InChI=1S/C12H18N2O.BrH/c1-12(2,3)11(15)14-13-9-10-7-5-4-6-8-10;/h4-8,13H,9H2,1-3H3,(H,14,15);1H. The summed E-state index contributed by atoms with van der Waals surface area (Å²) in [7, 11) is 0. The van der Waals surface area contributed by atoms with Crippen LogP contribution in [0.2, 0.25) is 0 Å². The second-order valence-electron chi connectivity index (χ2n) is 4.54. The molecule has 1 amide bonds. The predicted octanol–water partition coefficient (Wildman–Crippen LogP) is 2.43. The Labute approximate surface area is 107 Å². The summed E-state index contributed by atoms with van der Waals surface area (Å²) in [5.41, 5.74) is 6.38. The lowest BCUT2D eigenvalue weighted by Gasteiger charge is -2.17.